The van der Waals surface area contributed by atoms with E-state index in [1.165, 1.54) is 36.9 Å². The fourth-order valence-electron chi connectivity index (χ4n) is 2.79. The third-order valence-electron chi connectivity index (χ3n) is 4.55. The van der Waals surface area contributed by atoms with Gasteiger partial charge in [-0.25, -0.2) is 27.1 Å². The number of hydrogen-bond acceptors (Lipinski definition) is 7. The van der Waals surface area contributed by atoms with Gasteiger partial charge in [0.05, 0.1) is 31.2 Å². The summed E-state index contributed by atoms with van der Waals surface area (Å²) in [6, 6.07) is 7.70. The maximum Gasteiger partial charge on any atom is 0.210 e. The third kappa shape index (κ3) is 5.72. The molecule has 1 aromatic heterocycles. The van der Waals surface area contributed by atoms with E-state index >= 15 is 0 Å². The molecule has 0 amide bonds. The molecule has 0 aliphatic heterocycles. The Hall–Kier alpha value is -2.69. The first-order valence-electron chi connectivity index (χ1n) is 9.28. The van der Waals surface area contributed by atoms with Gasteiger partial charge in [0.1, 0.15) is 18.0 Å². The summed E-state index contributed by atoms with van der Waals surface area (Å²) in [5.74, 6) is 0.786. The van der Waals surface area contributed by atoms with Crippen molar-refractivity contribution in [1.82, 2.24) is 14.3 Å². The molecule has 0 saturated heterocycles. The summed E-state index contributed by atoms with van der Waals surface area (Å²) in [4.78, 5) is 8.46. The van der Waals surface area contributed by atoms with Gasteiger partial charge >= 0.3 is 0 Å². The molecule has 2 aromatic carbocycles. The number of nitrogens with one attached hydrogen (secondary N) is 1. The van der Waals surface area contributed by atoms with E-state index in [1.807, 2.05) is 0 Å². The van der Waals surface area contributed by atoms with Crippen LogP contribution in [0.4, 0.5) is 15.9 Å². The highest BCUT2D eigenvalue weighted by molar-refractivity contribution is 7.88. The van der Waals surface area contributed by atoms with Crippen LogP contribution in [0.1, 0.15) is 6.42 Å². The smallest absolute Gasteiger partial charge is 0.210 e. The average Bonchev–Trinajstić information content (AvgIpc) is 2.71. The lowest BCUT2D eigenvalue weighted by Crippen LogP contribution is -2.27. The van der Waals surface area contributed by atoms with E-state index in [1.54, 1.807) is 18.2 Å². The molecule has 0 bridgehead atoms. The van der Waals surface area contributed by atoms with Crippen molar-refractivity contribution in [2.24, 2.45) is 0 Å². The van der Waals surface area contributed by atoms with Crippen molar-refractivity contribution >= 4 is 44.0 Å². The summed E-state index contributed by atoms with van der Waals surface area (Å²) >= 11 is 5.81. The maximum atomic E-state index is 14.2. The third-order valence-corrected chi connectivity index (χ3v) is 6.10. The summed E-state index contributed by atoms with van der Waals surface area (Å²) in [7, 11) is -0.215. The number of anilines is 2. The van der Waals surface area contributed by atoms with Crippen molar-refractivity contribution in [3.63, 3.8) is 0 Å². The predicted molar refractivity (Wildman–Crippen MR) is 118 cm³/mol. The van der Waals surface area contributed by atoms with E-state index in [0.29, 0.717) is 46.2 Å². The first-order valence-corrected chi connectivity index (χ1v) is 11.5. The lowest BCUT2D eigenvalue weighted by Gasteiger charge is -2.16. The summed E-state index contributed by atoms with van der Waals surface area (Å²) in [6.45, 7) is 0.617. The van der Waals surface area contributed by atoms with Crippen LogP contribution in [-0.4, -0.2) is 56.3 Å². The van der Waals surface area contributed by atoms with Crippen LogP contribution in [0.5, 0.6) is 11.5 Å². The van der Waals surface area contributed by atoms with Crippen molar-refractivity contribution in [1.29, 1.82) is 0 Å². The van der Waals surface area contributed by atoms with Gasteiger partial charge in [-0.3, -0.25) is 0 Å². The first kappa shape index (κ1) is 23.0. The molecule has 0 fully saturated rings. The monoisotopic (exact) mass is 468 g/mol. The molecule has 3 rings (SSSR count). The van der Waals surface area contributed by atoms with Crippen LogP contribution in [0.25, 0.3) is 10.9 Å². The quantitative estimate of drug-likeness (QED) is 0.477. The Morgan fingerprint density at radius 1 is 1.19 bits per heavy atom. The molecular weight excluding hydrogens is 447 g/mol. The molecule has 1 heterocycles. The highest BCUT2D eigenvalue weighted by atomic mass is 35.5. The van der Waals surface area contributed by atoms with Crippen LogP contribution in [0.3, 0.4) is 0 Å². The second-order valence-electron chi connectivity index (χ2n) is 6.78. The summed E-state index contributed by atoms with van der Waals surface area (Å²) in [5, 5.41) is 3.85. The number of benzene rings is 2. The summed E-state index contributed by atoms with van der Waals surface area (Å²) < 4.78 is 49.6. The van der Waals surface area contributed by atoms with E-state index in [9.17, 15) is 12.8 Å². The molecule has 0 aliphatic carbocycles. The van der Waals surface area contributed by atoms with Crippen LogP contribution in [0, 0.1) is 5.82 Å². The molecule has 11 heteroatoms. The van der Waals surface area contributed by atoms with Crippen LogP contribution < -0.4 is 14.8 Å². The highest BCUT2D eigenvalue weighted by Gasteiger charge is 2.14. The van der Waals surface area contributed by atoms with Gasteiger partial charge in [-0.15, -0.1) is 0 Å². The highest BCUT2D eigenvalue weighted by Crippen LogP contribution is 2.35. The Labute approximate surface area is 185 Å². The number of nitrogens with zero attached hydrogens (tertiary/aromatic N) is 3. The largest absolute Gasteiger partial charge is 0.493 e. The van der Waals surface area contributed by atoms with Crippen molar-refractivity contribution in [3.8, 4) is 11.5 Å². The zero-order chi connectivity index (χ0) is 22.6. The molecule has 0 atom stereocenters. The number of ether oxygens (including phenoxy) is 2. The fourth-order valence-corrected chi connectivity index (χ4v) is 3.41. The van der Waals surface area contributed by atoms with E-state index in [0.717, 1.165) is 6.26 Å². The molecule has 31 heavy (non-hydrogen) atoms. The molecule has 0 spiro atoms. The molecular formula is C20H22ClFN4O4S. The first-order chi connectivity index (χ1) is 14.7. The van der Waals surface area contributed by atoms with Gasteiger partial charge in [0.25, 0.3) is 0 Å². The number of methoxy groups -OCH3 is 1. The fraction of sp³-hybridized carbons (Fsp3) is 0.300. The molecule has 0 unspecified atom stereocenters. The minimum absolute atomic E-state index is 0.221. The molecule has 1 N–H and O–H groups in total. The number of rotatable bonds is 9. The zero-order valence-corrected chi connectivity index (χ0v) is 18.8. The van der Waals surface area contributed by atoms with Gasteiger partial charge in [-0.1, -0.05) is 11.6 Å². The number of fused-ring (bicyclic) bond motifs is 1. The normalized spacial score (nSPS) is 11.7. The Balaban J connectivity index is 1.81. The van der Waals surface area contributed by atoms with Crippen molar-refractivity contribution in [3.05, 3.63) is 47.5 Å². The molecule has 0 radical (unpaired) electrons. The lowest BCUT2D eigenvalue weighted by molar-refractivity contribution is 0.280. The second-order valence-corrected chi connectivity index (χ2v) is 9.30. The standard InChI is InChI=1S/C20H22ClFN4O4S/c1-26(31(3,27)28)7-4-8-30-19-11-17-14(10-18(19)29-2)20(24-12-23-17)25-16-6-5-13(21)9-15(16)22/h5-6,9-12H,4,7-8H2,1-3H3,(H,23,24,25). The minimum Gasteiger partial charge on any atom is -0.493 e. The lowest BCUT2D eigenvalue weighted by atomic mass is 10.2. The number of sulfonamides is 1. The average molecular weight is 469 g/mol. The van der Waals surface area contributed by atoms with Gasteiger partial charge < -0.3 is 14.8 Å². The Morgan fingerprint density at radius 2 is 1.97 bits per heavy atom. The Kier molecular flexibility index (Phi) is 7.14. The Bertz CT molecular complexity index is 1190. The summed E-state index contributed by atoms with van der Waals surface area (Å²) in [6.07, 6.45) is 3.01. The van der Waals surface area contributed by atoms with Crippen molar-refractivity contribution in [2.75, 3.05) is 38.9 Å². The SMILES string of the molecule is COc1cc2c(Nc3ccc(Cl)cc3F)ncnc2cc1OCCCN(C)S(C)(=O)=O. The second kappa shape index (κ2) is 9.63. The maximum absolute atomic E-state index is 14.2. The number of hydrogen-bond donors (Lipinski definition) is 1. The van der Waals surface area contributed by atoms with Crippen LogP contribution in [0.2, 0.25) is 5.02 Å². The van der Waals surface area contributed by atoms with E-state index in [-0.39, 0.29) is 12.3 Å². The molecule has 0 saturated carbocycles. The zero-order valence-electron chi connectivity index (χ0n) is 17.2. The number of halogens is 2. The predicted octanol–water partition coefficient (Wildman–Crippen LogP) is 3.83. The van der Waals surface area contributed by atoms with Crippen LogP contribution in [-0.2, 0) is 10.0 Å². The van der Waals surface area contributed by atoms with Crippen molar-refractivity contribution in [2.45, 2.75) is 6.42 Å². The molecule has 8 nitrogen and oxygen atoms in total. The van der Waals surface area contributed by atoms with Gasteiger partial charge in [0.2, 0.25) is 10.0 Å². The van der Waals surface area contributed by atoms with E-state index in [2.05, 4.69) is 15.3 Å². The van der Waals surface area contributed by atoms with Gasteiger partial charge in [-0.05, 0) is 30.7 Å². The van der Waals surface area contributed by atoms with Gasteiger partial charge in [0.15, 0.2) is 11.5 Å². The number of aromatic nitrogens is 2. The van der Waals surface area contributed by atoms with Crippen molar-refractivity contribution < 1.29 is 22.3 Å². The van der Waals surface area contributed by atoms with Crippen LogP contribution >= 0.6 is 11.6 Å². The van der Waals surface area contributed by atoms with E-state index in [4.69, 9.17) is 21.1 Å². The molecule has 166 valence electrons. The topological polar surface area (TPSA) is 93.7 Å². The Morgan fingerprint density at radius 3 is 2.65 bits per heavy atom. The summed E-state index contributed by atoms with van der Waals surface area (Å²) in [5.41, 5.74) is 0.787. The van der Waals surface area contributed by atoms with Gasteiger partial charge in [-0.2, -0.15) is 0 Å². The van der Waals surface area contributed by atoms with Gasteiger partial charge in [0, 0.05) is 30.1 Å². The van der Waals surface area contributed by atoms with E-state index < -0.39 is 15.8 Å². The molecule has 3 aromatic rings. The van der Waals surface area contributed by atoms with Crippen LogP contribution in [0.15, 0.2) is 36.7 Å². The minimum atomic E-state index is -3.23. The molecule has 0 aliphatic rings.